The number of rotatable bonds is 4. The van der Waals surface area contributed by atoms with Gasteiger partial charge in [0, 0.05) is 49.8 Å². The lowest BCUT2D eigenvalue weighted by molar-refractivity contribution is 0.0741. The lowest BCUT2D eigenvalue weighted by atomic mass is 10.2. The van der Waals surface area contributed by atoms with Crippen LogP contribution >= 0.6 is 0 Å². The molecule has 9 nitrogen and oxygen atoms in total. The maximum atomic E-state index is 13.0. The van der Waals surface area contributed by atoms with E-state index in [0.29, 0.717) is 36.3 Å². The van der Waals surface area contributed by atoms with Gasteiger partial charge in [0.1, 0.15) is 17.8 Å². The van der Waals surface area contributed by atoms with Crippen LogP contribution in [0, 0.1) is 13.8 Å². The Morgan fingerprint density at radius 1 is 1.00 bits per heavy atom. The topological polar surface area (TPSA) is 93.2 Å². The van der Waals surface area contributed by atoms with Crippen LogP contribution < -0.4 is 4.90 Å². The highest BCUT2D eigenvalue weighted by Crippen LogP contribution is 2.20. The van der Waals surface area contributed by atoms with E-state index < -0.39 is 0 Å². The van der Waals surface area contributed by atoms with Crippen molar-refractivity contribution in [2.45, 2.75) is 13.8 Å². The van der Waals surface area contributed by atoms with Gasteiger partial charge in [0.2, 0.25) is 0 Å². The highest BCUT2D eigenvalue weighted by atomic mass is 16.5. The second kappa shape index (κ2) is 8.26. The van der Waals surface area contributed by atoms with Crippen molar-refractivity contribution in [1.82, 2.24) is 29.6 Å². The molecule has 1 aromatic carbocycles. The van der Waals surface area contributed by atoms with Crippen LogP contribution in [-0.4, -0.2) is 61.7 Å². The van der Waals surface area contributed by atoms with E-state index in [1.54, 1.807) is 36.3 Å². The Labute approximate surface area is 185 Å². The molecule has 4 heterocycles. The quantitative estimate of drug-likeness (QED) is 0.492. The minimum Gasteiger partial charge on any atom is -0.368 e. The van der Waals surface area contributed by atoms with Crippen LogP contribution in [0.25, 0.3) is 17.3 Å². The molecule has 162 valence electrons. The van der Waals surface area contributed by atoms with Crippen LogP contribution in [0.1, 0.15) is 21.9 Å². The molecular weight excluding hydrogens is 406 g/mol. The summed E-state index contributed by atoms with van der Waals surface area (Å²) < 4.78 is 6.96. The average Bonchev–Trinajstić information content (AvgIpc) is 3.49. The SMILES string of the molecule is Cc1ccc(N2CCN(C(=O)c3cn(-c4cc(-c5nc(C)no5)ccn4)cn3)CC2)cc1. The second-order valence-electron chi connectivity index (χ2n) is 7.83. The van der Waals surface area contributed by atoms with Gasteiger partial charge in [-0.15, -0.1) is 0 Å². The number of benzene rings is 1. The molecule has 0 radical (unpaired) electrons. The number of pyridine rings is 1. The second-order valence-corrected chi connectivity index (χ2v) is 7.83. The zero-order chi connectivity index (χ0) is 22.1. The number of hydrogen-bond donors (Lipinski definition) is 0. The lowest BCUT2D eigenvalue weighted by Gasteiger charge is -2.35. The molecule has 32 heavy (non-hydrogen) atoms. The van der Waals surface area contributed by atoms with Gasteiger partial charge in [0.05, 0.1) is 0 Å². The molecule has 1 aliphatic rings. The summed E-state index contributed by atoms with van der Waals surface area (Å²) in [5, 5.41) is 3.82. The van der Waals surface area contributed by atoms with Crippen molar-refractivity contribution in [3.8, 4) is 17.3 Å². The van der Waals surface area contributed by atoms with Gasteiger partial charge in [-0.3, -0.25) is 9.36 Å². The number of imidazole rings is 1. The fraction of sp³-hybridized carbons (Fsp3) is 0.261. The van der Waals surface area contributed by atoms with Crippen molar-refractivity contribution in [1.29, 1.82) is 0 Å². The Kier molecular flexibility index (Phi) is 5.14. The van der Waals surface area contributed by atoms with E-state index >= 15 is 0 Å². The number of amides is 1. The van der Waals surface area contributed by atoms with E-state index in [4.69, 9.17) is 4.52 Å². The Morgan fingerprint density at radius 2 is 1.78 bits per heavy atom. The molecule has 5 rings (SSSR count). The minimum atomic E-state index is -0.0732. The molecule has 1 fully saturated rings. The zero-order valence-corrected chi connectivity index (χ0v) is 18.0. The molecule has 0 atom stereocenters. The Hall–Kier alpha value is -4.01. The van der Waals surface area contributed by atoms with Gasteiger partial charge in [-0.25, -0.2) is 9.97 Å². The van der Waals surface area contributed by atoms with Crippen LogP contribution in [0.4, 0.5) is 5.69 Å². The molecule has 0 N–H and O–H groups in total. The average molecular weight is 429 g/mol. The first-order valence-electron chi connectivity index (χ1n) is 10.5. The van der Waals surface area contributed by atoms with Crippen LogP contribution in [-0.2, 0) is 0 Å². The van der Waals surface area contributed by atoms with Crippen LogP contribution in [0.5, 0.6) is 0 Å². The molecule has 3 aromatic heterocycles. The fourth-order valence-corrected chi connectivity index (χ4v) is 3.75. The molecule has 0 unspecified atom stereocenters. The van der Waals surface area contributed by atoms with Crippen molar-refractivity contribution in [3.05, 3.63) is 72.2 Å². The Morgan fingerprint density at radius 3 is 2.50 bits per heavy atom. The Balaban J connectivity index is 1.27. The summed E-state index contributed by atoms with van der Waals surface area (Å²) in [5.41, 5.74) is 3.58. The molecule has 0 spiro atoms. The summed E-state index contributed by atoms with van der Waals surface area (Å²) in [5.74, 6) is 1.54. The molecule has 1 amide bonds. The molecular formula is C23H23N7O2. The van der Waals surface area contributed by atoms with Gasteiger partial charge in [-0.05, 0) is 38.1 Å². The summed E-state index contributed by atoms with van der Waals surface area (Å²) in [7, 11) is 0. The number of aryl methyl sites for hydroxylation is 2. The molecule has 1 aliphatic heterocycles. The first-order valence-corrected chi connectivity index (χ1v) is 10.5. The smallest absolute Gasteiger partial charge is 0.274 e. The predicted octanol–water partition coefficient (Wildman–Crippen LogP) is 2.90. The van der Waals surface area contributed by atoms with E-state index in [9.17, 15) is 4.79 Å². The van der Waals surface area contributed by atoms with E-state index in [2.05, 4.69) is 56.2 Å². The number of nitrogens with zero attached hydrogens (tertiary/aromatic N) is 7. The van der Waals surface area contributed by atoms with Gasteiger partial charge in [-0.1, -0.05) is 22.9 Å². The third kappa shape index (κ3) is 3.96. The predicted molar refractivity (Wildman–Crippen MR) is 119 cm³/mol. The lowest BCUT2D eigenvalue weighted by Crippen LogP contribution is -2.48. The summed E-state index contributed by atoms with van der Waals surface area (Å²) in [6.07, 6.45) is 4.97. The van der Waals surface area contributed by atoms with Gasteiger partial charge >= 0.3 is 0 Å². The number of carbonyl (C=O) groups excluding carboxylic acids is 1. The summed E-state index contributed by atoms with van der Waals surface area (Å²) in [6.45, 7) is 6.75. The van der Waals surface area contributed by atoms with Crippen molar-refractivity contribution < 1.29 is 9.32 Å². The molecule has 0 aliphatic carbocycles. The summed E-state index contributed by atoms with van der Waals surface area (Å²) in [6, 6.07) is 12.1. The number of hydrogen-bond acceptors (Lipinski definition) is 7. The van der Waals surface area contributed by atoms with Crippen molar-refractivity contribution >= 4 is 11.6 Å². The summed E-state index contributed by atoms with van der Waals surface area (Å²) >= 11 is 0. The molecule has 1 saturated heterocycles. The molecule has 9 heteroatoms. The van der Waals surface area contributed by atoms with Crippen molar-refractivity contribution in [3.63, 3.8) is 0 Å². The number of anilines is 1. The first-order chi connectivity index (χ1) is 15.6. The molecule has 4 aromatic rings. The third-order valence-corrected chi connectivity index (χ3v) is 5.55. The standard InChI is InChI=1S/C23H23N7O2/c1-16-3-5-19(6-4-16)28-9-11-29(12-10-28)23(31)20-14-30(15-25-20)21-13-18(7-8-24-21)22-26-17(2)27-32-22/h3-8,13-15H,9-12H2,1-2H3. The number of piperazine rings is 1. The maximum Gasteiger partial charge on any atom is 0.274 e. The van der Waals surface area contributed by atoms with Crippen LogP contribution in [0.15, 0.2) is 59.6 Å². The zero-order valence-electron chi connectivity index (χ0n) is 18.0. The van der Waals surface area contributed by atoms with E-state index in [0.717, 1.165) is 18.7 Å². The maximum absolute atomic E-state index is 13.0. The largest absolute Gasteiger partial charge is 0.368 e. The number of aromatic nitrogens is 5. The highest BCUT2D eigenvalue weighted by Gasteiger charge is 2.24. The van der Waals surface area contributed by atoms with Crippen molar-refractivity contribution in [2.75, 3.05) is 31.1 Å². The molecule has 0 saturated carbocycles. The first kappa shape index (κ1) is 19.9. The number of carbonyl (C=O) groups is 1. The highest BCUT2D eigenvalue weighted by molar-refractivity contribution is 5.92. The van der Waals surface area contributed by atoms with E-state index in [1.165, 1.54) is 11.3 Å². The van der Waals surface area contributed by atoms with Gasteiger partial charge < -0.3 is 14.3 Å². The van der Waals surface area contributed by atoms with E-state index in [1.807, 2.05) is 11.0 Å². The monoisotopic (exact) mass is 429 g/mol. The van der Waals surface area contributed by atoms with Gasteiger partial charge in [0.15, 0.2) is 5.82 Å². The minimum absolute atomic E-state index is 0.0732. The van der Waals surface area contributed by atoms with Crippen molar-refractivity contribution in [2.24, 2.45) is 0 Å². The molecule has 0 bridgehead atoms. The van der Waals surface area contributed by atoms with Crippen LogP contribution in [0.2, 0.25) is 0 Å². The Bertz CT molecular complexity index is 1240. The van der Waals surface area contributed by atoms with E-state index in [-0.39, 0.29) is 5.91 Å². The normalized spacial score (nSPS) is 14.1. The fourth-order valence-electron chi connectivity index (χ4n) is 3.75. The van der Waals surface area contributed by atoms with Crippen LogP contribution in [0.3, 0.4) is 0 Å². The summed E-state index contributed by atoms with van der Waals surface area (Å²) in [4.78, 5) is 30.1. The van der Waals surface area contributed by atoms with Gasteiger partial charge in [0.25, 0.3) is 11.8 Å². The van der Waals surface area contributed by atoms with Gasteiger partial charge in [-0.2, -0.15) is 4.98 Å². The third-order valence-electron chi connectivity index (χ3n) is 5.55.